The lowest BCUT2D eigenvalue weighted by Crippen LogP contribution is -2.06. The zero-order valence-corrected chi connectivity index (χ0v) is 14.0. The summed E-state index contributed by atoms with van der Waals surface area (Å²) < 4.78 is 5.06. The molecule has 0 saturated heterocycles. The molecule has 0 aromatic carbocycles. The highest BCUT2D eigenvalue weighted by molar-refractivity contribution is 6.94. The largest absolute Gasteiger partial charge is 0.462 e. The van der Waals surface area contributed by atoms with Crippen molar-refractivity contribution in [2.75, 3.05) is 6.61 Å². The number of unbranched alkanes of at least 4 members (excludes halogenated alkanes) is 3. The van der Waals surface area contributed by atoms with E-state index in [1.54, 1.807) is 6.92 Å². The second-order valence-corrected chi connectivity index (χ2v) is 7.32. The average molecular weight is 291 g/mol. The lowest BCUT2D eigenvalue weighted by molar-refractivity contribution is -0.139. The van der Waals surface area contributed by atoms with E-state index < -0.39 is 8.83 Å². The van der Waals surface area contributed by atoms with Gasteiger partial charge in [-0.1, -0.05) is 52.0 Å². The van der Waals surface area contributed by atoms with E-state index in [2.05, 4.69) is 13.5 Å². The number of halogens is 1. The van der Waals surface area contributed by atoms with E-state index in [-0.39, 0.29) is 5.97 Å². The van der Waals surface area contributed by atoms with Crippen molar-refractivity contribution in [1.82, 2.24) is 0 Å². The molecule has 0 bridgehead atoms. The second kappa shape index (κ2) is 11.8. The molecule has 0 rings (SSSR count). The first-order valence-electron chi connectivity index (χ1n) is 7.00. The summed E-state index contributed by atoms with van der Waals surface area (Å²) in [6.07, 6.45) is 8.44. The van der Waals surface area contributed by atoms with Crippen LogP contribution in [0.3, 0.4) is 0 Å². The number of carbonyl (C=O) groups excluding carboxylic acids is 1. The molecule has 0 heterocycles. The maximum absolute atomic E-state index is 11.1. The Morgan fingerprint density at radius 3 is 2.39 bits per heavy atom. The Morgan fingerprint density at radius 1 is 1.28 bits per heavy atom. The van der Waals surface area contributed by atoms with E-state index in [0.29, 0.717) is 12.2 Å². The first-order valence-corrected chi connectivity index (χ1v) is 9.95. The number of carbonyl (C=O) groups is 1. The summed E-state index contributed by atoms with van der Waals surface area (Å²) in [5.41, 5.74) is 1.23. The topological polar surface area (TPSA) is 26.3 Å². The van der Waals surface area contributed by atoms with Crippen molar-refractivity contribution in [3.05, 3.63) is 12.2 Å². The smallest absolute Gasteiger partial charge is 0.333 e. The Balaban J connectivity index is 3.50. The molecule has 4 heteroatoms. The van der Waals surface area contributed by atoms with Crippen molar-refractivity contribution in [2.24, 2.45) is 0 Å². The van der Waals surface area contributed by atoms with Crippen molar-refractivity contribution in [2.45, 2.75) is 64.3 Å². The molecule has 0 aromatic heterocycles. The lowest BCUT2D eigenvalue weighted by atomic mass is 10.1. The first kappa shape index (κ1) is 17.7. The Morgan fingerprint density at radius 2 is 1.89 bits per heavy atom. The summed E-state index contributed by atoms with van der Waals surface area (Å²) >= 11 is 6.09. The van der Waals surface area contributed by atoms with Crippen LogP contribution in [0.1, 0.15) is 58.8 Å². The van der Waals surface area contributed by atoms with Crippen LogP contribution in [-0.2, 0) is 9.53 Å². The van der Waals surface area contributed by atoms with Gasteiger partial charge in [-0.05, 0) is 18.9 Å². The normalized spacial score (nSPS) is 12.8. The van der Waals surface area contributed by atoms with Crippen LogP contribution in [0.5, 0.6) is 0 Å². The van der Waals surface area contributed by atoms with Crippen molar-refractivity contribution < 1.29 is 9.53 Å². The Hall–Kier alpha value is -0.283. The van der Waals surface area contributed by atoms with E-state index >= 15 is 0 Å². The molecule has 0 spiro atoms. The predicted octanol–water partition coefficient (Wildman–Crippen LogP) is 3.97. The number of hydrogen-bond acceptors (Lipinski definition) is 2. The van der Waals surface area contributed by atoms with Crippen LogP contribution in [0, 0.1) is 0 Å². The van der Waals surface area contributed by atoms with Gasteiger partial charge in [0.05, 0.1) is 6.61 Å². The molecule has 0 aliphatic carbocycles. The Labute approximate surface area is 119 Å². The Bertz CT molecular complexity index is 244. The van der Waals surface area contributed by atoms with E-state index in [1.807, 2.05) is 0 Å². The van der Waals surface area contributed by atoms with E-state index in [1.165, 1.54) is 32.1 Å². The molecular weight excluding hydrogens is 264 g/mol. The zero-order valence-electron chi connectivity index (χ0n) is 11.8. The van der Waals surface area contributed by atoms with E-state index in [9.17, 15) is 4.79 Å². The van der Waals surface area contributed by atoms with Crippen LogP contribution in [0.25, 0.3) is 0 Å². The molecule has 106 valence electrons. The third kappa shape index (κ3) is 9.72. The van der Waals surface area contributed by atoms with Crippen LogP contribution >= 0.6 is 11.1 Å². The summed E-state index contributed by atoms with van der Waals surface area (Å²) in [7, 11) is -0.412. The molecule has 2 nitrogen and oxygen atoms in total. The third-order valence-corrected chi connectivity index (χ3v) is 5.58. The highest BCUT2D eigenvalue weighted by Crippen LogP contribution is 2.22. The summed E-state index contributed by atoms with van der Waals surface area (Å²) in [5, 5.41) is 0. The summed E-state index contributed by atoms with van der Waals surface area (Å²) in [6, 6.07) is 0. The fourth-order valence-electron chi connectivity index (χ4n) is 1.80. The molecule has 0 saturated carbocycles. The van der Waals surface area contributed by atoms with Crippen LogP contribution < -0.4 is 0 Å². The fraction of sp³-hybridized carbons (Fsp3) is 0.786. The van der Waals surface area contributed by atoms with Gasteiger partial charge in [-0.3, -0.25) is 0 Å². The van der Waals surface area contributed by atoms with Gasteiger partial charge in [-0.2, -0.15) is 11.1 Å². The highest BCUT2D eigenvalue weighted by atomic mass is 35.6. The van der Waals surface area contributed by atoms with Crippen molar-refractivity contribution in [3.63, 3.8) is 0 Å². The first-order chi connectivity index (χ1) is 8.61. The molecule has 0 aliphatic rings. The van der Waals surface area contributed by atoms with Crippen LogP contribution in [0.2, 0.25) is 5.54 Å². The minimum atomic E-state index is -0.412. The van der Waals surface area contributed by atoms with Gasteiger partial charge >= 0.3 is 5.97 Å². The van der Waals surface area contributed by atoms with Crippen LogP contribution in [-0.4, -0.2) is 21.4 Å². The van der Waals surface area contributed by atoms with Crippen LogP contribution in [0.4, 0.5) is 0 Å². The minimum absolute atomic E-state index is 0.277. The number of ether oxygens (including phenoxy) is 1. The molecule has 18 heavy (non-hydrogen) atoms. The van der Waals surface area contributed by atoms with Gasteiger partial charge in [-0.15, -0.1) is 0 Å². The number of hydrogen-bond donors (Lipinski definition) is 0. The quantitative estimate of drug-likeness (QED) is 0.189. The second-order valence-electron chi connectivity index (χ2n) is 4.93. The van der Waals surface area contributed by atoms with Crippen LogP contribution in [0.15, 0.2) is 12.2 Å². The van der Waals surface area contributed by atoms with Gasteiger partial charge < -0.3 is 4.74 Å². The maximum Gasteiger partial charge on any atom is 0.333 e. The van der Waals surface area contributed by atoms with Gasteiger partial charge in [0.1, 0.15) is 8.83 Å². The minimum Gasteiger partial charge on any atom is -0.462 e. The standard InChI is InChI=1S/C14H27ClO2Si/c1-4-5-6-9-13(18-15)10-7-8-11-17-14(16)12(2)3/h13H,2,4-11,18H2,1,3H3. The Kier molecular flexibility index (Phi) is 11.6. The fourth-order valence-corrected chi connectivity index (χ4v) is 3.62. The molecule has 0 N–H and O–H groups in total. The predicted molar refractivity (Wildman–Crippen MR) is 81.9 cm³/mol. The molecule has 1 unspecified atom stereocenters. The molecule has 0 amide bonds. The van der Waals surface area contributed by atoms with Gasteiger partial charge in [0.2, 0.25) is 0 Å². The van der Waals surface area contributed by atoms with E-state index in [4.69, 9.17) is 15.8 Å². The molecule has 0 radical (unpaired) electrons. The molecule has 0 aromatic rings. The van der Waals surface area contributed by atoms with Gasteiger partial charge in [0.15, 0.2) is 0 Å². The molecular formula is C14H27ClO2Si. The summed E-state index contributed by atoms with van der Waals surface area (Å²) in [4.78, 5) is 11.1. The van der Waals surface area contributed by atoms with Crippen molar-refractivity contribution in [3.8, 4) is 0 Å². The maximum atomic E-state index is 11.1. The monoisotopic (exact) mass is 290 g/mol. The zero-order chi connectivity index (χ0) is 13.8. The van der Waals surface area contributed by atoms with Gasteiger partial charge in [0.25, 0.3) is 0 Å². The average Bonchev–Trinajstić information content (AvgIpc) is 2.36. The molecule has 0 fully saturated rings. The van der Waals surface area contributed by atoms with Crippen molar-refractivity contribution in [1.29, 1.82) is 0 Å². The number of esters is 1. The molecule has 1 atom stereocenters. The number of rotatable bonds is 11. The third-order valence-electron chi connectivity index (χ3n) is 3.02. The summed E-state index contributed by atoms with van der Waals surface area (Å²) in [5.74, 6) is -0.277. The van der Waals surface area contributed by atoms with Crippen molar-refractivity contribution >= 4 is 25.9 Å². The van der Waals surface area contributed by atoms with Gasteiger partial charge in [-0.25, -0.2) is 4.79 Å². The summed E-state index contributed by atoms with van der Waals surface area (Å²) in [6.45, 7) is 7.96. The molecule has 0 aliphatic heterocycles. The SMILES string of the molecule is C=C(C)C(=O)OCCCCC(CCCCC)[SiH2]Cl. The lowest BCUT2D eigenvalue weighted by Gasteiger charge is -2.12. The van der Waals surface area contributed by atoms with E-state index in [0.717, 1.165) is 18.4 Å². The van der Waals surface area contributed by atoms with Gasteiger partial charge in [0, 0.05) is 5.57 Å². The highest BCUT2D eigenvalue weighted by Gasteiger charge is 2.08.